The zero-order valence-corrected chi connectivity index (χ0v) is 15.8. The molecule has 0 atom stereocenters. The van der Waals surface area contributed by atoms with Crippen LogP contribution in [0.25, 0.3) is 0 Å². The fourth-order valence-electron chi connectivity index (χ4n) is 3.63. The second-order valence-electron chi connectivity index (χ2n) is 8.20. The number of rotatable bonds is 6. The molecule has 2 rings (SSSR count). The SMILES string of the molecule is COC1(OC)CC(CNC2CCC(NC(=O)OC(C)(C)C)CC2)C1. The van der Waals surface area contributed by atoms with Crippen LogP contribution in [0.3, 0.4) is 0 Å². The van der Waals surface area contributed by atoms with Gasteiger partial charge in [0.25, 0.3) is 0 Å². The van der Waals surface area contributed by atoms with Crippen LogP contribution in [0.4, 0.5) is 4.79 Å². The molecule has 2 fully saturated rings. The number of methoxy groups -OCH3 is 2. The highest BCUT2D eigenvalue weighted by Crippen LogP contribution is 2.40. The van der Waals surface area contributed by atoms with Gasteiger partial charge >= 0.3 is 6.09 Å². The van der Waals surface area contributed by atoms with Gasteiger partial charge in [0.05, 0.1) is 0 Å². The molecule has 24 heavy (non-hydrogen) atoms. The molecule has 0 aromatic rings. The summed E-state index contributed by atoms with van der Waals surface area (Å²) in [5.74, 6) is 0.281. The number of carbonyl (C=O) groups is 1. The molecule has 0 aromatic heterocycles. The minimum Gasteiger partial charge on any atom is -0.444 e. The Morgan fingerprint density at radius 2 is 1.58 bits per heavy atom. The monoisotopic (exact) mass is 342 g/mol. The van der Waals surface area contributed by atoms with Crippen molar-refractivity contribution in [3.63, 3.8) is 0 Å². The van der Waals surface area contributed by atoms with E-state index in [1.807, 2.05) is 20.8 Å². The van der Waals surface area contributed by atoms with Crippen LogP contribution in [0.2, 0.25) is 0 Å². The molecule has 1 amide bonds. The van der Waals surface area contributed by atoms with Crippen LogP contribution in [-0.2, 0) is 14.2 Å². The number of carbonyl (C=O) groups excluding carboxylic acids is 1. The summed E-state index contributed by atoms with van der Waals surface area (Å²) in [6.07, 6.45) is 5.80. The van der Waals surface area contributed by atoms with Crippen LogP contribution in [-0.4, -0.2) is 50.3 Å². The lowest BCUT2D eigenvalue weighted by molar-refractivity contribution is -0.269. The third kappa shape index (κ3) is 5.60. The van der Waals surface area contributed by atoms with E-state index in [-0.39, 0.29) is 17.9 Å². The van der Waals surface area contributed by atoms with Crippen molar-refractivity contribution in [1.29, 1.82) is 0 Å². The quantitative estimate of drug-likeness (QED) is 0.727. The van der Waals surface area contributed by atoms with Gasteiger partial charge in [-0.05, 0) is 58.9 Å². The van der Waals surface area contributed by atoms with Gasteiger partial charge in [-0.1, -0.05) is 0 Å². The molecule has 0 aromatic carbocycles. The smallest absolute Gasteiger partial charge is 0.407 e. The van der Waals surface area contributed by atoms with E-state index in [1.165, 1.54) is 0 Å². The number of hydrogen-bond acceptors (Lipinski definition) is 5. The molecule has 0 saturated heterocycles. The van der Waals surface area contributed by atoms with Crippen LogP contribution in [0.15, 0.2) is 0 Å². The topological polar surface area (TPSA) is 68.8 Å². The third-order valence-corrected chi connectivity index (χ3v) is 5.09. The van der Waals surface area contributed by atoms with Crippen molar-refractivity contribution in [2.45, 2.75) is 82.8 Å². The standard InChI is InChI=1S/C18H34N2O4/c1-17(2,3)24-16(21)20-15-8-6-14(7-9-15)19-12-13-10-18(11-13,22-4)23-5/h13-15,19H,6-12H2,1-5H3,(H,20,21). The summed E-state index contributed by atoms with van der Waals surface area (Å²) in [5.41, 5.74) is -0.439. The first-order chi connectivity index (χ1) is 11.3. The van der Waals surface area contributed by atoms with Gasteiger partial charge in [-0.2, -0.15) is 0 Å². The predicted molar refractivity (Wildman–Crippen MR) is 92.9 cm³/mol. The zero-order chi connectivity index (χ0) is 17.8. The number of ether oxygens (including phenoxy) is 3. The van der Waals surface area contributed by atoms with Gasteiger partial charge in [0, 0.05) is 39.1 Å². The molecule has 2 aliphatic carbocycles. The van der Waals surface area contributed by atoms with Gasteiger partial charge in [0.1, 0.15) is 5.60 Å². The highest BCUT2D eigenvalue weighted by atomic mass is 16.7. The normalized spacial score (nSPS) is 27.4. The summed E-state index contributed by atoms with van der Waals surface area (Å²) < 4.78 is 16.2. The molecule has 0 heterocycles. The van der Waals surface area contributed by atoms with Crippen LogP contribution < -0.4 is 10.6 Å². The molecule has 6 heteroatoms. The maximum atomic E-state index is 11.8. The first-order valence-corrected chi connectivity index (χ1v) is 9.08. The summed E-state index contributed by atoms with van der Waals surface area (Å²) in [6, 6.07) is 0.776. The van der Waals surface area contributed by atoms with E-state index in [0.29, 0.717) is 12.0 Å². The molecule has 0 aliphatic heterocycles. The van der Waals surface area contributed by atoms with Crippen LogP contribution in [0.5, 0.6) is 0 Å². The van der Waals surface area contributed by atoms with Crippen LogP contribution in [0.1, 0.15) is 59.3 Å². The van der Waals surface area contributed by atoms with E-state index < -0.39 is 5.60 Å². The largest absolute Gasteiger partial charge is 0.444 e. The van der Waals surface area contributed by atoms with Crippen molar-refractivity contribution in [1.82, 2.24) is 10.6 Å². The molecule has 2 saturated carbocycles. The molecule has 0 radical (unpaired) electrons. The molecule has 6 nitrogen and oxygen atoms in total. The number of amides is 1. The lowest BCUT2D eigenvalue weighted by Crippen LogP contribution is -2.51. The molecule has 140 valence electrons. The maximum absolute atomic E-state index is 11.8. The Morgan fingerprint density at radius 3 is 2.08 bits per heavy atom. The minimum atomic E-state index is -0.439. The van der Waals surface area contributed by atoms with Crippen molar-refractivity contribution in [2.75, 3.05) is 20.8 Å². The molecular formula is C18H34N2O4. The van der Waals surface area contributed by atoms with Gasteiger partial charge in [-0.25, -0.2) is 4.79 Å². The second kappa shape index (κ2) is 8.02. The summed E-state index contributed by atoms with van der Waals surface area (Å²) in [5, 5.41) is 6.65. The predicted octanol–water partition coefficient (Wildman–Crippen LogP) is 2.81. The first-order valence-electron chi connectivity index (χ1n) is 9.08. The Balaban J connectivity index is 1.59. The van der Waals surface area contributed by atoms with Crippen molar-refractivity contribution in [2.24, 2.45) is 5.92 Å². The van der Waals surface area contributed by atoms with E-state index in [0.717, 1.165) is 45.1 Å². The average molecular weight is 342 g/mol. The Labute approximate surface area is 146 Å². The van der Waals surface area contributed by atoms with E-state index in [9.17, 15) is 4.79 Å². The number of hydrogen-bond donors (Lipinski definition) is 2. The second-order valence-corrected chi connectivity index (χ2v) is 8.20. The summed E-state index contributed by atoms with van der Waals surface area (Å²) >= 11 is 0. The lowest BCUT2D eigenvalue weighted by atomic mass is 9.78. The van der Waals surface area contributed by atoms with E-state index in [2.05, 4.69) is 10.6 Å². The molecular weight excluding hydrogens is 308 g/mol. The summed E-state index contributed by atoms with van der Waals surface area (Å²) in [4.78, 5) is 11.8. The van der Waals surface area contributed by atoms with E-state index >= 15 is 0 Å². The van der Waals surface area contributed by atoms with Gasteiger partial charge in [-0.3, -0.25) is 0 Å². The average Bonchev–Trinajstić information content (AvgIpc) is 2.46. The van der Waals surface area contributed by atoms with Gasteiger partial charge in [-0.15, -0.1) is 0 Å². The fourth-order valence-corrected chi connectivity index (χ4v) is 3.63. The van der Waals surface area contributed by atoms with Gasteiger partial charge < -0.3 is 24.8 Å². The Hall–Kier alpha value is -0.850. The molecule has 2 aliphatic rings. The summed E-state index contributed by atoms with van der Waals surface area (Å²) in [6.45, 7) is 6.67. The molecule has 0 spiro atoms. The first kappa shape index (κ1) is 19.5. The molecule has 0 bridgehead atoms. The van der Waals surface area contributed by atoms with Crippen LogP contribution in [0, 0.1) is 5.92 Å². The molecule has 2 N–H and O–H groups in total. The van der Waals surface area contributed by atoms with E-state index in [4.69, 9.17) is 14.2 Å². The van der Waals surface area contributed by atoms with Crippen molar-refractivity contribution < 1.29 is 19.0 Å². The number of nitrogens with one attached hydrogen (secondary N) is 2. The Bertz CT molecular complexity index is 402. The number of alkyl carbamates (subject to hydrolysis) is 1. The summed E-state index contributed by atoms with van der Waals surface area (Å²) in [7, 11) is 3.43. The Morgan fingerprint density at radius 1 is 1.04 bits per heavy atom. The van der Waals surface area contributed by atoms with Crippen LogP contribution >= 0.6 is 0 Å². The lowest BCUT2D eigenvalue weighted by Gasteiger charge is -2.45. The maximum Gasteiger partial charge on any atom is 0.407 e. The molecule has 0 unspecified atom stereocenters. The third-order valence-electron chi connectivity index (χ3n) is 5.09. The highest BCUT2D eigenvalue weighted by molar-refractivity contribution is 5.68. The highest BCUT2D eigenvalue weighted by Gasteiger charge is 2.44. The van der Waals surface area contributed by atoms with Gasteiger partial charge in [0.2, 0.25) is 0 Å². The Kier molecular flexibility index (Phi) is 6.51. The van der Waals surface area contributed by atoms with Crippen molar-refractivity contribution in [3.8, 4) is 0 Å². The fraction of sp³-hybridized carbons (Fsp3) is 0.944. The van der Waals surface area contributed by atoms with E-state index in [1.54, 1.807) is 14.2 Å². The zero-order valence-electron chi connectivity index (χ0n) is 15.8. The van der Waals surface area contributed by atoms with Crippen molar-refractivity contribution >= 4 is 6.09 Å². The van der Waals surface area contributed by atoms with Gasteiger partial charge in [0.15, 0.2) is 5.79 Å². The minimum absolute atomic E-state index is 0.233. The van der Waals surface area contributed by atoms with Crippen molar-refractivity contribution in [3.05, 3.63) is 0 Å².